The molecule has 176 valence electrons. The number of fused-ring (bicyclic) bond motifs is 1. The molecule has 0 aromatic heterocycles. The van der Waals surface area contributed by atoms with Gasteiger partial charge >= 0.3 is 11.8 Å². The van der Waals surface area contributed by atoms with Gasteiger partial charge in [-0.05, 0) is 74.2 Å². The maximum atomic E-state index is 12.6. The molecule has 2 aliphatic rings. The highest BCUT2D eigenvalue weighted by Gasteiger charge is 2.26. The highest BCUT2D eigenvalue weighted by Crippen LogP contribution is 2.32. The largest absolute Gasteiger partial charge is 0.495 e. The van der Waals surface area contributed by atoms with Crippen LogP contribution in [0.3, 0.4) is 0 Å². The fourth-order valence-electron chi connectivity index (χ4n) is 4.73. The molecule has 0 bridgehead atoms. The molecule has 1 atom stereocenters. The van der Waals surface area contributed by atoms with Gasteiger partial charge in [0, 0.05) is 31.5 Å². The molecule has 0 spiro atoms. The van der Waals surface area contributed by atoms with Gasteiger partial charge in [-0.2, -0.15) is 0 Å². The molecule has 4 rings (SSSR count). The lowest BCUT2D eigenvalue weighted by atomic mass is 9.96. The van der Waals surface area contributed by atoms with Crippen molar-refractivity contribution in [2.75, 3.05) is 50.6 Å². The summed E-state index contributed by atoms with van der Waals surface area (Å²) < 4.78 is 5.12. The Morgan fingerprint density at radius 3 is 2.58 bits per heavy atom. The molecule has 33 heavy (non-hydrogen) atoms. The lowest BCUT2D eigenvalue weighted by Gasteiger charge is -2.31. The van der Waals surface area contributed by atoms with E-state index in [2.05, 4.69) is 45.7 Å². The number of hydrogen-bond donors (Lipinski definition) is 2. The number of amides is 2. The van der Waals surface area contributed by atoms with Gasteiger partial charge in [-0.1, -0.05) is 23.7 Å². The molecule has 2 aliphatic heterocycles. The number of nitrogens with one attached hydrogen (secondary N) is 2. The lowest BCUT2D eigenvalue weighted by molar-refractivity contribution is -0.136. The van der Waals surface area contributed by atoms with Crippen molar-refractivity contribution in [3.05, 3.63) is 52.5 Å². The van der Waals surface area contributed by atoms with E-state index in [9.17, 15) is 9.59 Å². The van der Waals surface area contributed by atoms with Crippen LogP contribution >= 0.6 is 11.6 Å². The summed E-state index contributed by atoms with van der Waals surface area (Å²) >= 11 is 6.11. The Morgan fingerprint density at radius 2 is 1.85 bits per heavy atom. The van der Waals surface area contributed by atoms with Crippen molar-refractivity contribution in [3.63, 3.8) is 0 Å². The minimum atomic E-state index is -0.719. The highest BCUT2D eigenvalue weighted by atomic mass is 35.5. The summed E-state index contributed by atoms with van der Waals surface area (Å²) in [5.74, 6) is -0.879. The molecule has 1 fully saturated rings. The zero-order valence-electron chi connectivity index (χ0n) is 19.2. The van der Waals surface area contributed by atoms with Crippen molar-refractivity contribution in [2.24, 2.45) is 0 Å². The normalized spacial score (nSPS) is 16.8. The van der Waals surface area contributed by atoms with Crippen molar-refractivity contribution in [2.45, 2.75) is 31.7 Å². The van der Waals surface area contributed by atoms with Crippen LogP contribution in [0, 0.1) is 0 Å². The smallest absolute Gasteiger partial charge is 0.313 e. The standard InChI is InChI=1S/C25H31ClN4O3/c1-29-11-5-6-17-14-18(7-9-21(17)29)22(30-12-3-4-13-30)16-27-24(31)25(32)28-19-8-10-23(33-2)20(26)15-19/h7-10,14-15,22H,3-6,11-13,16H2,1-2H3,(H,27,31)(H,28,32)/t22-/m0/s1. The summed E-state index contributed by atoms with van der Waals surface area (Å²) in [5.41, 5.74) is 4.27. The van der Waals surface area contributed by atoms with E-state index < -0.39 is 11.8 Å². The van der Waals surface area contributed by atoms with Crippen LogP contribution in [0.2, 0.25) is 5.02 Å². The number of hydrogen-bond acceptors (Lipinski definition) is 5. The molecule has 0 radical (unpaired) electrons. The minimum absolute atomic E-state index is 0.0391. The first-order valence-electron chi connectivity index (χ1n) is 11.5. The number of carbonyl (C=O) groups is 2. The van der Waals surface area contributed by atoms with Gasteiger partial charge in [0.25, 0.3) is 0 Å². The van der Waals surface area contributed by atoms with Crippen molar-refractivity contribution >= 4 is 34.8 Å². The van der Waals surface area contributed by atoms with E-state index in [0.29, 0.717) is 23.0 Å². The molecule has 0 saturated carbocycles. The van der Waals surface area contributed by atoms with E-state index in [-0.39, 0.29) is 6.04 Å². The molecule has 0 aliphatic carbocycles. The summed E-state index contributed by atoms with van der Waals surface area (Å²) in [6, 6.07) is 11.5. The SMILES string of the molecule is COc1ccc(NC(=O)C(=O)NC[C@@H](c2ccc3c(c2)CCCN3C)N2CCCC2)cc1Cl. The summed E-state index contributed by atoms with van der Waals surface area (Å²) in [7, 11) is 3.65. The van der Waals surface area contributed by atoms with Crippen LogP contribution in [-0.4, -0.2) is 57.1 Å². The third kappa shape index (κ3) is 5.42. The number of aryl methyl sites for hydroxylation is 1. The van der Waals surface area contributed by atoms with Gasteiger partial charge < -0.3 is 20.3 Å². The average molecular weight is 471 g/mol. The Hall–Kier alpha value is -2.77. The van der Waals surface area contributed by atoms with Gasteiger partial charge in [0.15, 0.2) is 0 Å². The molecule has 7 nitrogen and oxygen atoms in total. The van der Waals surface area contributed by atoms with E-state index in [4.69, 9.17) is 16.3 Å². The van der Waals surface area contributed by atoms with Crippen LogP contribution in [-0.2, 0) is 16.0 Å². The van der Waals surface area contributed by atoms with Gasteiger partial charge in [0.2, 0.25) is 0 Å². The van der Waals surface area contributed by atoms with Crippen LogP contribution in [0.5, 0.6) is 5.75 Å². The van der Waals surface area contributed by atoms with E-state index in [0.717, 1.165) is 45.3 Å². The van der Waals surface area contributed by atoms with Crippen LogP contribution in [0.4, 0.5) is 11.4 Å². The molecule has 2 N–H and O–H groups in total. The zero-order valence-corrected chi connectivity index (χ0v) is 20.0. The van der Waals surface area contributed by atoms with Crippen molar-refractivity contribution in [3.8, 4) is 5.75 Å². The molecule has 0 unspecified atom stereocenters. The maximum Gasteiger partial charge on any atom is 0.313 e. The maximum absolute atomic E-state index is 12.6. The molecule has 2 aromatic carbocycles. The van der Waals surface area contributed by atoms with Crippen LogP contribution in [0.25, 0.3) is 0 Å². The monoisotopic (exact) mass is 470 g/mol. The number of carbonyl (C=O) groups excluding carboxylic acids is 2. The fraction of sp³-hybridized carbons (Fsp3) is 0.440. The Kier molecular flexibility index (Phi) is 7.40. The number of ether oxygens (including phenoxy) is 1. The number of benzene rings is 2. The molecule has 2 heterocycles. The van der Waals surface area contributed by atoms with E-state index in [1.54, 1.807) is 18.2 Å². The fourth-order valence-corrected chi connectivity index (χ4v) is 4.98. The van der Waals surface area contributed by atoms with Gasteiger partial charge in [-0.25, -0.2) is 0 Å². The van der Waals surface area contributed by atoms with Crippen LogP contribution < -0.4 is 20.3 Å². The molecule has 1 saturated heterocycles. The van der Waals surface area contributed by atoms with Crippen molar-refractivity contribution < 1.29 is 14.3 Å². The lowest BCUT2D eigenvalue weighted by Crippen LogP contribution is -2.41. The van der Waals surface area contributed by atoms with Gasteiger partial charge in [0.1, 0.15) is 5.75 Å². The molecule has 2 amide bonds. The highest BCUT2D eigenvalue weighted by molar-refractivity contribution is 6.40. The average Bonchev–Trinajstić information content (AvgIpc) is 3.34. The topological polar surface area (TPSA) is 73.9 Å². The predicted molar refractivity (Wildman–Crippen MR) is 131 cm³/mol. The van der Waals surface area contributed by atoms with E-state index in [1.165, 1.54) is 23.9 Å². The second-order valence-electron chi connectivity index (χ2n) is 8.69. The summed E-state index contributed by atoms with van der Waals surface area (Å²) in [6.45, 7) is 3.44. The number of anilines is 2. The van der Waals surface area contributed by atoms with Crippen molar-refractivity contribution in [1.29, 1.82) is 0 Å². The van der Waals surface area contributed by atoms with Gasteiger partial charge in [-0.3, -0.25) is 14.5 Å². The zero-order chi connectivity index (χ0) is 23.4. The Labute approximate surface area is 200 Å². The summed E-state index contributed by atoms with van der Waals surface area (Å²) in [6.07, 6.45) is 4.51. The number of methoxy groups -OCH3 is 1. The van der Waals surface area contributed by atoms with Crippen LogP contribution in [0.15, 0.2) is 36.4 Å². The Morgan fingerprint density at radius 1 is 1.06 bits per heavy atom. The Bertz CT molecular complexity index is 1020. The molecule has 2 aromatic rings. The summed E-state index contributed by atoms with van der Waals surface area (Å²) in [4.78, 5) is 29.7. The third-order valence-electron chi connectivity index (χ3n) is 6.49. The molecule has 8 heteroatoms. The second-order valence-corrected chi connectivity index (χ2v) is 9.09. The van der Waals surface area contributed by atoms with E-state index >= 15 is 0 Å². The first kappa shape index (κ1) is 23.4. The van der Waals surface area contributed by atoms with E-state index in [1.807, 2.05) is 0 Å². The summed E-state index contributed by atoms with van der Waals surface area (Å²) in [5, 5.41) is 5.81. The quantitative estimate of drug-likeness (QED) is 0.631. The first-order chi connectivity index (χ1) is 16.0. The predicted octanol–water partition coefficient (Wildman–Crippen LogP) is 3.62. The minimum Gasteiger partial charge on any atom is -0.495 e. The number of likely N-dealkylation sites (tertiary alicyclic amines) is 1. The second kappa shape index (κ2) is 10.4. The van der Waals surface area contributed by atoms with Crippen molar-refractivity contribution in [1.82, 2.24) is 10.2 Å². The molecular weight excluding hydrogens is 440 g/mol. The third-order valence-corrected chi connectivity index (χ3v) is 6.79. The Balaban J connectivity index is 1.43. The number of nitrogens with zero attached hydrogens (tertiary/aromatic N) is 2. The van der Waals surface area contributed by atoms with Gasteiger partial charge in [0.05, 0.1) is 18.2 Å². The van der Waals surface area contributed by atoms with Gasteiger partial charge in [-0.15, -0.1) is 0 Å². The number of halogens is 1. The first-order valence-corrected chi connectivity index (χ1v) is 11.8. The number of rotatable bonds is 6. The van der Waals surface area contributed by atoms with Crippen LogP contribution in [0.1, 0.15) is 36.4 Å². The molecular formula is C25H31ClN4O3.